The fourth-order valence-electron chi connectivity index (χ4n) is 4.79. The highest BCUT2D eigenvalue weighted by Crippen LogP contribution is 2.42. The molecule has 2 aliphatic carbocycles. The van der Waals surface area contributed by atoms with Crippen LogP contribution >= 0.6 is 9.24 Å². The number of hydrogen-bond acceptors (Lipinski definition) is 2. The fraction of sp³-hybridized carbons (Fsp3) is 0.714. The van der Waals surface area contributed by atoms with Crippen LogP contribution < -0.4 is 5.30 Å². The minimum absolute atomic E-state index is 0.164. The van der Waals surface area contributed by atoms with E-state index in [0.717, 1.165) is 23.3 Å². The average molecular weight is 348 g/mol. The normalized spacial score (nSPS) is 31.1. The molecule has 0 spiro atoms. The van der Waals surface area contributed by atoms with Crippen molar-refractivity contribution >= 4 is 14.5 Å². The summed E-state index contributed by atoms with van der Waals surface area (Å²) in [6.07, 6.45) is 13.6. The van der Waals surface area contributed by atoms with Crippen LogP contribution in [0.5, 0.6) is 11.5 Å². The molecule has 0 radical (unpaired) electrons. The molecule has 3 heteroatoms. The standard InChI is InChI=1S/C21H33O2P/c1-14-2-4-15(5-3-14)6-7-16-8-10-17(11-9-16)18-12-13-19(22)21(24)20(18)23/h12-17,22-23H,2-11,24H2,1H3. The van der Waals surface area contributed by atoms with Crippen molar-refractivity contribution in [2.75, 3.05) is 0 Å². The lowest BCUT2D eigenvalue weighted by molar-refractivity contribution is 0.237. The third-order valence-electron chi connectivity index (χ3n) is 6.63. The van der Waals surface area contributed by atoms with Crippen molar-refractivity contribution in [3.63, 3.8) is 0 Å². The lowest BCUT2D eigenvalue weighted by Gasteiger charge is -2.31. The second kappa shape index (κ2) is 8.09. The van der Waals surface area contributed by atoms with Crippen LogP contribution in [-0.4, -0.2) is 10.2 Å². The van der Waals surface area contributed by atoms with Gasteiger partial charge in [-0.2, -0.15) is 0 Å². The quantitative estimate of drug-likeness (QED) is 0.708. The van der Waals surface area contributed by atoms with Crippen molar-refractivity contribution < 1.29 is 10.2 Å². The summed E-state index contributed by atoms with van der Waals surface area (Å²) in [7, 11) is 2.46. The smallest absolute Gasteiger partial charge is 0.129 e. The minimum Gasteiger partial charge on any atom is -0.507 e. The van der Waals surface area contributed by atoms with Gasteiger partial charge in [-0.05, 0) is 61.0 Å². The Morgan fingerprint density at radius 1 is 0.875 bits per heavy atom. The van der Waals surface area contributed by atoms with E-state index in [2.05, 4.69) is 16.2 Å². The molecule has 1 aromatic carbocycles. The van der Waals surface area contributed by atoms with Crippen molar-refractivity contribution in [1.82, 2.24) is 0 Å². The number of rotatable bonds is 4. The van der Waals surface area contributed by atoms with Gasteiger partial charge >= 0.3 is 0 Å². The number of hydrogen-bond donors (Lipinski definition) is 2. The molecule has 2 fully saturated rings. The first-order chi connectivity index (χ1) is 11.5. The Hall–Kier alpha value is -0.750. The Labute approximate surface area is 149 Å². The van der Waals surface area contributed by atoms with Gasteiger partial charge in [0.15, 0.2) is 0 Å². The number of phenols is 2. The van der Waals surface area contributed by atoms with E-state index in [9.17, 15) is 10.2 Å². The van der Waals surface area contributed by atoms with E-state index in [-0.39, 0.29) is 11.5 Å². The highest BCUT2D eigenvalue weighted by atomic mass is 31.0. The highest BCUT2D eigenvalue weighted by Gasteiger charge is 2.26. The number of phenolic OH excluding ortho intramolecular Hbond substituents is 2. The zero-order chi connectivity index (χ0) is 17.1. The van der Waals surface area contributed by atoms with E-state index in [1.807, 2.05) is 6.07 Å². The molecule has 0 heterocycles. The molecule has 2 aliphatic rings. The average Bonchev–Trinajstić information content (AvgIpc) is 2.60. The Morgan fingerprint density at radius 3 is 2.00 bits per heavy atom. The molecule has 1 atom stereocenters. The molecule has 0 aliphatic heterocycles. The van der Waals surface area contributed by atoms with E-state index in [1.54, 1.807) is 6.07 Å². The van der Waals surface area contributed by atoms with E-state index in [1.165, 1.54) is 64.2 Å². The molecule has 1 aromatic rings. The lowest BCUT2D eigenvalue weighted by Crippen LogP contribution is -2.17. The molecule has 0 saturated heterocycles. The predicted octanol–water partition coefficient (Wildman–Crippen LogP) is 5.48. The Kier molecular flexibility index (Phi) is 6.08. The Bertz CT molecular complexity index is 541. The lowest BCUT2D eigenvalue weighted by atomic mass is 9.74. The monoisotopic (exact) mass is 348 g/mol. The fourth-order valence-corrected chi connectivity index (χ4v) is 5.06. The first-order valence-electron chi connectivity index (χ1n) is 9.85. The van der Waals surface area contributed by atoms with E-state index >= 15 is 0 Å². The van der Waals surface area contributed by atoms with Gasteiger partial charge in [0, 0.05) is 0 Å². The van der Waals surface area contributed by atoms with Gasteiger partial charge in [-0.1, -0.05) is 60.8 Å². The third-order valence-corrected chi connectivity index (χ3v) is 7.20. The predicted molar refractivity (Wildman–Crippen MR) is 104 cm³/mol. The number of aromatic hydroxyl groups is 2. The van der Waals surface area contributed by atoms with Crippen molar-refractivity contribution in [2.45, 2.75) is 77.0 Å². The van der Waals surface area contributed by atoms with Gasteiger partial charge in [0.1, 0.15) is 11.5 Å². The van der Waals surface area contributed by atoms with Gasteiger partial charge in [0.25, 0.3) is 0 Å². The molecule has 0 bridgehead atoms. The van der Waals surface area contributed by atoms with Gasteiger partial charge in [-0.25, -0.2) is 0 Å². The first kappa shape index (κ1) is 18.1. The molecule has 2 N–H and O–H groups in total. The summed E-state index contributed by atoms with van der Waals surface area (Å²) < 4.78 is 0. The van der Waals surface area contributed by atoms with Gasteiger partial charge in [0.2, 0.25) is 0 Å². The van der Waals surface area contributed by atoms with Crippen LogP contribution in [0, 0.1) is 17.8 Å². The summed E-state index contributed by atoms with van der Waals surface area (Å²) in [6.45, 7) is 2.40. The molecular weight excluding hydrogens is 315 g/mol. The van der Waals surface area contributed by atoms with Crippen LogP contribution in [0.25, 0.3) is 0 Å². The van der Waals surface area contributed by atoms with Crippen LogP contribution in [-0.2, 0) is 0 Å². The molecule has 2 saturated carbocycles. The molecular formula is C21H33O2P. The maximum Gasteiger partial charge on any atom is 0.129 e. The zero-order valence-corrected chi connectivity index (χ0v) is 16.2. The topological polar surface area (TPSA) is 40.5 Å². The first-order valence-corrected chi connectivity index (χ1v) is 10.4. The molecule has 2 nitrogen and oxygen atoms in total. The SMILES string of the molecule is CC1CCC(CCC2CCC(c3ccc(O)c(P)c3O)CC2)CC1. The van der Waals surface area contributed by atoms with Crippen molar-refractivity contribution in [1.29, 1.82) is 0 Å². The van der Waals surface area contributed by atoms with Crippen molar-refractivity contribution in [3.05, 3.63) is 17.7 Å². The molecule has 3 rings (SSSR count). The van der Waals surface area contributed by atoms with Crippen LogP contribution in [0.3, 0.4) is 0 Å². The third kappa shape index (κ3) is 4.26. The second-order valence-electron chi connectivity index (χ2n) is 8.36. The molecule has 0 aromatic heterocycles. The molecule has 1 unspecified atom stereocenters. The van der Waals surface area contributed by atoms with Crippen molar-refractivity contribution in [2.24, 2.45) is 17.8 Å². The van der Waals surface area contributed by atoms with E-state index < -0.39 is 0 Å². The van der Waals surface area contributed by atoms with Gasteiger partial charge in [-0.3, -0.25) is 0 Å². The zero-order valence-electron chi connectivity index (χ0n) is 15.0. The largest absolute Gasteiger partial charge is 0.507 e. The summed E-state index contributed by atoms with van der Waals surface area (Å²) >= 11 is 0. The summed E-state index contributed by atoms with van der Waals surface area (Å²) in [5.74, 6) is 3.72. The van der Waals surface area contributed by atoms with Crippen LogP contribution in [0.1, 0.15) is 82.6 Å². The molecule has 0 amide bonds. The molecule has 24 heavy (non-hydrogen) atoms. The maximum absolute atomic E-state index is 10.3. The minimum atomic E-state index is 0.164. The highest BCUT2D eigenvalue weighted by molar-refractivity contribution is 7.28. The van der Waals surface area contributed by atoms with Crippen LogP contribution in [0.15, 0.2) is 12.1 Å². The van der Waals surface area contributed by atoms with E-state index in [4.69, 9.17) is 0 Å². The summed E-state index contributed by atoms with van der Waals surface area (Å²) in [6, 6.07) is 3.62. The van der Waals surface area contributed by atoms with Crippen molar-refractivity contribution in [3.8, 4) is 11.5 Å². The van der Waals surface area contributed by atoms with Gasteiger partial charge in [-0.15, -0.1) is 0 Å². The second-order valence-corrected chi connectivity index (χ2v) is 8.93. The van der Waals surface area contributed by atoms with E-state index in [0.29, 0.717) is 11.2 Å². The summed E-state index contributed by atoms with van der Waals surface area (Å²) in [4.78, 5) is 0. The van der Waals surface area contributed by atoms with Gasteiger partial charge < -0.3 is 10.2 Å². The summed E-state index contributed by atoms with van der Waals surface area (Å²) in [5.41, 5.74) is 1.03. The molecule has 134 valence electrons. The van der Waals surface area contributed by atoms with Crippen LogP contribution in [0.4, 0.5) is 0 Å². The maximum atomic E-state index is 10.3. The number of benzene rings is 1. The Morgan fingerprint density at radius 2 is 1.42 bits per heavy atom. The summed E-state index contributed by atoms with van der Waals surface area (Å²) in [5, 5.41) is 20.5. The Balaban J connectivity index is 1.47. The van der Waals surface area contributed by atoms with Crippen LogP contribution in [0.2, 0.25) is 0 Å². The van der Waals surface area contributed by atoms with Gasteiger partial charge in [0.05, 0.1) is 5.30 Å².